The van der Waals surface area contributed by atoms with Gasteiger partial charge < -0.3 is 19.4 Å². The molecule has 1 atom stereocenters. The second kappa shape index (κ2) is 7.74. The maximum absolute atomic E-state index is 12.8. The summed E-state index contributed by atoms with van der Waals surface area (Å²) < 4.78 is 12.8. The van der Waals surface area contributed by atoms with Crippen molar-refractivity contribution in [3.8, 4) is 11.5 Å². The molecule has 0 fully saturated rings. The van der Waals surface area contributed by atoms with Gasteiger partial charge in [0.1, 0.15) is 18.2 Å². The van der Waals surface area contributed by atoms with Crippen molar-refractivity contribution in [3.63, 3.8) is 0 Å². The van der Waals surface area contributed by atoms with Gasteiger partial charge in [-0.3, -0.25) is 9.69 Å². The van der Waals surface area contributed by atoms with Crippen LogP contribution in [0.3, 0.4) is 0 Å². The van der Waals surface area contributed by atoms with E-state index in [1.807, 2.05) is 41.8 Å². The lowest BCUT2D eigenvalue weighted by atomic mass is 10.0. The van der Waals surface area contributed by atoms with Crippen molar-refractivity contribution >= 4 is 5.91 Å². The molecular weight excluding hydrogens is 334 g/mol. The molecule has 8 nitrogen and oxygen atoms in total. The minimum absolute atomic E-state index is 0.0653. The van der Waals surface area contributed by atoms with Gasteiger partial charge in [0.25, 0.3) is 0 Å². The van der Waals surface area contributed by atoms with Crippen molar-refractivity contribution in [2.24, 2.45) is 0 Å². The highest BCUT2D eigenvalue weighted by Crippen LogP contribution is 2.35. The first-order valence-electron chi connectivity index (χ1n) is 8.69. The van der Waals surface area contributed by atoms with E-state index < -0.39 is 6.04 Å². The number of amides is 1. The highest BCUT2D eigenvalue weighted by molar-refractivity contribution is 5.83. The van der Waals surface area contributed by atoms with Crippen LogP contribution in [0.2, 0.25) is 0 Å². The number of nitrogens with one attached hydrogen (secondary N) is 1. The van der Waals surface area contributed by atoms with Crippen LogP contribution in [0, 0.1) is 0 Å². The third kappa shape index (κ3) is 3.80. The molecule has 1 aliphatic rings. The lowest BCUT2D eigenvalue weighted by Crippen LogP contribution is -2.38. The van der Waals surface area contributed by atoms with Gasteiger partial charge in [0.2, 0.25) is 12.7 Å². The molecule has 0 spiro atoms. The van der Waals surface area contributed by atoms with E-state index in [0.717, 1.165) is 11.4 Å². The smallest absolute Gasteiger partial charge is 0.241 e. The Morgan fingerprint density at radius 2 is 2.08 bits per heavy atom. The van der Waals surface area contributed by atoms with Crippen LogP contribution < -0.4 is 14.8 Å². The molecule has 0 bridgehead atoms. The molecule has 8 heteroatoms. The highest BCUT2D eigenvalue weighted by atomic mass is 16.7. The average molecular weight is 359 g/mol. The summed E-state index contributed by atoms with van der Waals surface area (Å²) in [6, 6.07) is 5.48. The largest absolute Gasteiger partial charge is 0.454 e. The lowest BCUT2D eigenvalue weighted by Gasteiger charge is -2.24. The van der Waals surface area contributed by atoms with Crippen molar-refractivity contribution in [2.45, 2.75) is 32.4 Å². The summed E-state index contributed by atoms with van der Waals surface area (Å²) in [5.74, 6) is 2.18. The Bertz CT molecular complexity index is 772. The van der Waals surface area contributed by atoms with Crippen LogP contribution in [0.25, 0.3) is 0 Å². The number of hydrogen-bond acceptors (Lipinski definition) is 6. The predicted molar refractivity (Wildman–Crippen MR) is 96.1 cm³/mol. The van der Waals surface area contributed by atoms with E-state index in [4.69, 9.17) is 9.47 Å². The molecule has 26 heavy (non-hydrogen) atoms. The van der Waals surface area contributed by atoms with Crippen molar-refractivity contribution in [1.82, 2.24) is 25.0 Å². The van der Waals surface area contributed by atoms with Crippen LogP contribution in [-0.2, 0) is 11.2 Å². The topological polar surface area (TPSA) is 81.5 Å². The number of aromatic nitrogens is 3. The van der Waals surface area contributed by atoms with Crippen molar-refractivity contribution < 1.29 is 14.3 Å². The number of fused-ring (bicyclic) bond motifs is 1. The average Bonchev–Trinajstić information content (AvgIpc) is 3.23. The molecule has 1 aliphatic heterocycles. The molecule has 0 saturated carbocycles. The van der Waals surface area contributed by atoms with Crippen LogP contribution in [0.15, 0.2) is 24.5 Å². The van der Waals surface area contributed by atoms with E-state index in [2.05, 4.69) is 29.4 Å². The molecule has 1 aromatic heterocycles. The molecule has 140 valence electrons. The Hall–Kier alpha value is -2.61. The summed E-state index contributed by atoms with van der Waals surface area (Å²) in [5.41, 5.74) is 0.863. The standard InChI is InChI=1S/C18H25N5O3/c1-12(2)23-10-20-21-16(23)7-8-19-18(24)17(22(3)4)13-5-6-14-15(9-13)26-11-25-14/h5-6,9-10,12,17H,7-8,11H2,1-4H3,(H,19,24). The Morgan fingerprint density at radius 1 is 1.31 bits per heavy atom. The Morgan fingerprint density at radius 3 is 2.81 bits per heavy atom. The molecule has 2 aromatic rings. The van der Waals surface area contributed by atoms with Crippen molar-refractivity contribution in [3.05, 3.63) is 35.9 Å². The van der Waals surface area contributed by atoms with E-state index in [-0.39, 0.29) is 12.7 Å². The molecule has 1 aromatic carbocycles. The second-order valence-electron chi connectivity index (χ2n) is 6.77. The van der Waals surface area contributed by atoms with Crippen molar-refractivity contribution in [1.29, 1.82) is 0 Å². The molecule has 0 aliphatic carbocycles. The third-order valence-corrected chi connectivity index (χ3v) is 4.33. The first-order chi connectivity index (χ1) is 12.5. The maximum Gasteiger partial charge on any atom is 0.241 e. The molecular formula is C18H25N5O3. The van der Waals surface area contributed by atoms with Gasteiger partial charge in [-0.1, -0.05) is 6.07 Å². The van der Waals surface area contributed by atoms with Gasteiger partial charge in [-0.2, -0.15) is 0 Å². The first-order valence-corrected chi connectivity index (χ1v) is 8.69. The molecule has 1 N–H and O–H groups in total. The zero-order valence-corrected chi connectivity index (χ0v) is 15.6. The van der Waals surface area contributed by atoms with Gasteiger partial charge in [-0.05, 0) is 45.6 Å². The summed E-state index contributed by atoms with van der Waals surface area (Å²) in [6.07, 6.45) is 2.35. The van der Waals surface area contributed by atoms with Gasteiger partial charge in [-0.15, -0.1) is 10.2 Å². The minimum Gasteiger partial charge on any atom is -0.454 e. The number of nitrogens with zero attached hydrogens (tertiary/aromatic N) is 4. The van der Waals surface area contributed by atoms with E-state index in [0.29, 0.717) is 30.5 Å². The Balaban J connectivity index is 1.65. The summed E-state index contributed by atoms with van der Waals surface area (Å²) in [5, 5.41) is 11.1. The van der Waals surface area contributed by atoms with E-state index in [9.17, 15) is 4.79 Å². The Labute approximate surface area is 153 Å². The molecule has 1 unspecified atom stereocenters. The van der Waals surface area contributed by atoms with Crippen LogP contribution in [0.5, 0.6) is 11.5 Å². The van der Waals surface area contributed by atoms with Crippen LogP contribution in [0.1, 0.15) is 37.3 Å². The van der Waals surface area contributed by atoms with Crippen LogP contribution >= 0.6 is 0 Å². The second-order valence-corrected chi connectivity index (χ2v) is 6.77. The first kappa shape index (κ1) is 18.2. The number of likely N-dealkylation sites (N-methyl/N-ethyl adjacent to an activating group) is 1. The molecule has 3 rings (SSSR count). The maximum atomic E-state index is 12.8. The van der Waals surface area contributed by atoms with Crippen LogP contribution in [0.4, 0.5) is 0 Å². The quantitative estimate of drug-likeness (QED) is 0.808. The van der Waals surface area contributed by atoms with Crippen molar-refractivity contribution in [2.75, 3.05) is 27.4 Å². The zero-order valence-electron chi connectivity index (χ0n) is 15.6. The van der Waals surface area contributed by atoms with Crippen LogP contribution in [-0.4, -0.2) is 53.0 Å². The number of ether oxygens (including phenoxy) is 2. The van der Waals surface area contributed by atoms with E-state index in [1.54, 1.807) is 6.33 Å². The normalized spacial score (nSPS) is 14.1. The summed E-state index contributed by atoms with van der Waals surface area (Å²) in [4.78, 5) is 14.6. The lowest BCUT2D eigenvalue weighted by molar-refractivity contribution is -0.125. The third-order valence-electron chi connectivity index (χ3n) is 4.33. The Kier molecular flexibility index (Phi) is 5.41. The van der Waals surface area contributed by atoms with Gasteiger partial charge in [0, 0.05) is 19.0 Å². The molecule has 2 heterocycles. The predicted octanol–water partition coefficient (Wildman–Crippen LogP) is 1.55. The fourth-order valence-electron chi connectivity index (χ4n) is 3.04. The molecule has 0 saturated heterocycles. The number of carbonyl (C=O) groups is 1. The van der Waals surface area contributed by atoms with Gasteiger partial charge in [0.05, 0.1) is 0 Å². The fraction of sp³-hybridized carbons (Fsp3) is 0.500. The molecule has 0 radical (unpaired) electrons. The summed E-state index contributed by atoms with van der Waals surface area (Å²) in [6.45, 7) is 4.87. The number of benzene rings is 1. The van der Waals surface area contributed by atoms with Gasteiger partial charge in [0.15, 0.2) is 11.5 Å². The van der Waals surface area contributed by atoms with E-state index >= 15 is 0 Å². The fourth-order valence-corrected chi connectivity index (χ4v) is 3.04. The monoisotopic (exact) mass is 359 g/mol. The summed E-state index contributed by atoms with van der Waals surface area (Å²) >= 11 is 0. The molecule has 1 amide bonds. The van der Waals surface area contributed by atoms with Gasteiger partial charge >= 0.3 is 0 Å². The van der Waals surface area contributed by atoms with E-state index in [1.165, 1.54) is 0 Å². The number of carbonyl (C=O) groups excluding carboxylic acids is 1. The number of hydrogen-bond donors (Lipinski definition) is 1. The summed E-state index contributed by atoms with van der Waals surface area (Å²) in [7, 11) is 3.76. The number of rotatable bonds is 7. The zero-order chi connectivity index (χ0) is 18.7. The highest BCUT2D eigenvalue weighted by Gasteiger charge is 2.25. The SMILES string of the molecule is CC(C)n1cnnc1CCNC(=O)C(c1ccc2c(c1)OCO2)N(C)C. The minimum atomic E-state index is -0.410. The van der Waals surface area contributed by atoms with Gasteiger partial charge in [-0.25, -0.2) is 0 Å².